The first-order valence-electron chi connectivity index (χ1n) is 11.9. The lowest BCUT2D eigenvalue weighted by Gasteiger charge is -2.27. The summed E-state index contributed by atoms with van der Waals surface area (Å²) in [6, 6.07) is 5.99. The lowest BCUT2D eigenvalue weighted by atomic mass is 9.82. The topological polar surface area (TPSA) is 103 Å². The number of allylic oxidation sites excluding steroid dienone is 1. The molecule has 0 bridgehead atoms. The Labute approximate surface area is 192 Å². The van der Waals surface area contributed by atoms with Gasteiger partial charge in [-0.3, -0.25) is 9.79 Å². The molecule has 3 aliphatic rings. The van der Waals surface area contributed by atoms with Gasteiger partial charge in [-0.15, -0.1) is 0 Å². The molecule has 2 aliphatic carbocycles. The number of nitrogens with one attached hydrogen (secondary N) is 1. The van der Waals surface area contributed by atoms with Crippen LogP contribution in [0.5, 0.6) is 5.75 Å². The number of aliphatic imine (C=N–C) groups is 1. The number of carbonyl (C=O) groups excluding carboxylic acids is 1. The molecule has 4 rings (SSSR count). The Balaban J connectivity index is 0.000000352. The van der Waals surface area contributed by atoms with Crippen LogP contribution in [0.3, 0.4) is 0 Å². The summed E-state index contributed by atoms with van der Waals surface area (Å²) in [5.41, 5.74) is 15.4. The summed E-state index contributed by atoms with van der Waals surface area (Å²) in [6.07, 6.45) is 13.3. The molecule has 1 amide bonds. The fraction of sp³-hybridized carbons (Fsp3) is 0.538. The third-order valence-corrected chi connectivity index (χ3v) is 6.51. The maximum absolute atomic E-state index is 11.8. The van der Waals surface area contributed by atoms with Crippen LogP contribution in [0.2, 0.25) is 0 Å². The number of rotatable bonds is 7. The van der Waals surface area contributed by atoms with Gasteiger partial charge in [-0.05, 0) is 61.4 Å². The van der Waals surface area contributed by atoms with Crippen LogP contribution >= 0.6 is 0 Å². The Kier molecular flexibility index (Phi) is 8.37. The summed E-state index contributed by atoms with van der Waals surface area (Å²) in [5, 5.41) is 3.37. The van der Waals surface area contributed by atoms with E-state index in [1.165, 1.54) is 38.5 Å². The number of hydrogen-bond acceptors (Lipinski definition) is 5. The zero-order valence-corrected chi connectivity index (χ0v) is 19.7. The zero-order valence-electron chi connectivity index (χ0n) is 19.7. The van der Waals surface area contributed by atoms with Gasteiger partial charge in [-0.25, -0.2) is 0 Å². The Hall–Kier alpha value is -2.76. The molecule has 1 heterocycles. The minimum absolute atomic E-state index is 0.268. The van der Waals surface area contributed by atoms with Crippen LogP contribution < -0.4 is 21.5 Å². The van der Waals surface area contributed by atoms with Crippen molar-refractivity contribution in [2.24, 2.45) is 22.4 Å². The van der Waals surface area contributed by atoms with Gasteiger partial charge in [0, 0.05) is 31.0 Å². The van der Waals surface area contributed by atoms with Crippen LogP contribution in [-0.2, 0) is 4.79 Å². The molecule has 1 aromatic rings. The Morgan fingerprint density at radius 1 is 1.19 bits per heavy atom. The molecule has 2 saturated carbocycles. The van der Waals surface area contributed by atoms with E-state index in [-0.39, 0.29) is 5.57 Å². The van der Waals surface area contributed by atoms with Crippen molar-refractivity contribution < 1.29 is 9.53 Å². The molecule has 0 spiro atoms. The molecule has 0 radical (unpaired) electrons. The van der Waals surface area contributed by atoms with Gasteiger partial charge in [-0.1, -0.05) is 39.0 Å². The van der Waals surface area contributed by atoms with Crippen molar-refractivity contribution in [3.63, 3.8) is 0 Å². The summed E-state index contributed by atoms with van der Waals surface area (Å²) in [7, 11) is 1.63. The number of fused-ring (bicyclic) bond motifs is 1. The third kappa shape index (κ3) is 5.93. The molecule has 174 valence electrons. The van der Waals surface area contributed by atoms with E-state index in [0.29, 0.717) is 24.1 Å². The SMILES string of the molecule is CCCC1CCC1.CN=C(C1=Cc2ccc(OC3CCC3)cc2NC1)/C(C(N)=O)=C(\C)N. The van der Waals surface area contributed by atoms with Crippen LogP contribution in [0.15, 0.2) is 40.0 Å². The maximum Gasteiger partial charge on any atom is 0.252 e. The summed E-state index contributed by atoms with van der Waals surface area (Å²) < 4.78 is 5.94. The number of anilines is 1. The molecule has 5 N–H and O–H groups in total. The molecule has 0 aromatic heterocycles. The maximum atomic E-state index is 11.8. The van der Waals surface area contributed by atoms with E-state index in [0.717, 1.165) is 41.3 Å². The van der Waals surface area contributed by atoms with E-state index in [2.05, 4.69) is 17.2 Å². The van der Waals surface area contributed by atoms with Gasteiger partial charge in [0.25, 0.3) is 5.91 Å². The number of nitrogens with two attached hydrogens (primary N) is 2. The Morgan fingerprint density at radius 3 is 2.38 bits per heavy atom. The second-order valence-corrected chi connectivity index (χ2v) is 9.02. The predicted molar refractivity (Wildman–Crippen MR) is 133 cm³/mol. The molecular weight excluding hydrogens is 400 g/mol. The highest BCUT2D eigenvalue weighted by molar-refractivity contribution is 6.29. The van der Waals surface area contributed by atoms with Crippen LogP contribution in [-0.4, -0.2) is 31.3 Å². The lowest BCUT2D eigenvalue weighted by Crippen LogP contribution is -2.28. The minimum atomic E-state index is -0.573. The normalized spacial score (nSPS) is 19.1. The van der Waals surface area contributed by atoms with E-state index in [1.807, 2.05) is 24.3 Å². The van der Waals surface area contributed by atoms with Crippen molar-refractivity contribution in [3.8, 4) is 5.75 Å². The van der Waals surface area contributed by atoms with Crippen molar-refractivity contribution in [2.45, 2.75) is 71.3 Å². The van der Waals surface area contributed by atoms with Crippen molar-refractivity contribution in [3.05, 3.63) is 40.6 Å². The number of hydrogen-bond donors (Lipinski definition) is 3. The fourth-order valence-corrected chi connectivity index (χ4v) is 4.25. The van der Waals surface area contributed by atoms with E-state index >= 15 is 0 Å². The molecule has 1 aliphatic heterocycles. The Bertz CT molecular complexity index is 904. The van der Waals surface area contributed by atoms with Gasteiger partial charge < -0.3 is 21.5 Å². The molecule has 1 aromatic carbocycles. The van der Waals surface area contributed by atoms with Gasteiger partial charge in [-0.2, -0.15) is 0 Å². The second kappa shape index (κ2) is 11.2. The van der Waals surface area contributed by atoms with Gasteiger partial charge >= 0.3 is 0 Å². The van der Waals surface area contributed by atoms with Crippen LogP contribution in [0.25, 0.3) is 6.08 Å². The zero-order chi connectivity index (χ0) is 23.1. The van der Waals surface area contributed by atoms with Gasteiger partial charge in [0.05, 0.1) is 17.4 Å². The van der Waals surface area contributed by atoms with Crippen molar-refractivity contribution in [1.29, 1.82) is 0 Å². The molecule has 6 nitrogen and oxygen atoms in total. The number of benzene rings is 1. The summed E-state index contributed by atoms with van der Waals surface area (Å²) in [6.45, 7) is 4.47. The quantitative estimate of drug-likeness (QED) is 0.420. The first-order chi connectivity index (χ1) is 15.4. The van der Waals surface area contributed by atoms with Crippen molar-refractivity contribution in [2.75, 3.05) is 18.9 Å². The first kappa shape index (κ1) is 23.9. The van der Waals surface area contributed by atoms with E-state index in [1.54, 1.807) is 14.0 Å². The first-order valence-corrected chi connectivity index (χ1v) is 11.9. The molecule has 0 atom stereocenters. The second-order valence-electron chi connectivity index (χ2n) is 9.02. The molecule has 32 heavy (non-hydrogen) atoms. The molecule has 6 heteroatoms. The highest BCUT2D eigenvalue weighted by atomic mass is 16.5. The third-order valence-electron chi connectivity index (χ3n) is 6.51. The van der Waals surface area contributed by atoms with Crippen LogP contribution in [0, 0.1) is 5.92 Å². The summed E-state index contributed by atoms with van der Waals surface area (Å²) >= 11 is 0. The molecular formula is C26H38N4O2. The molecule has 0 saturated heterocycles. The highest BCUT2D eigenvalue weighted by Crippen LogP contribution is 2.32. The average Bonchev–Trinajstić information content (AvgIpc) is 2.71. The van der Waals surface area contributed by atoms with Crippen LogP contribution in [0.4, 0.5) is 5.69 Å². The fourth-order valence-electron chi connectivity index (χ4n) is 4.25. The number of nitrogens with zero attached hydrogens (tertiary/aromatic N) is 1. The van der Waals surface area contributed by atoms with Gasteiger partial charge in [0.1, 0.15) is 5.75 Å². The number of primary amides is 1. The molecule has 0 unspecified atom stereocenters. The number of ether oxygens (including phenoxy) is 1. The minimum Gasteiger partial charge on any atom is -0.490 e. The average molecular weight is 439 g/mol. The predicted octanol–water partition coefficient (Wildman–Crippen LogP) is 4.80. The van der Waals surface area contributed by atoms with E-state index in [9.17, 15) is 4.79 Å². The largest absolute Gasteiger partial charge is 0.490 e. The Morgan fingerprint density at radius 2 is 1.91 bits per heavy atom. The summed E-state index contributed by atoms with van der Waals surface area (Å²) in [5.74, 6) is 1.44. The van der Waals surface area contributed by atoms with Gasteiger partial charge in [0.15, 0.2) is 0 Å². The lowest BCUT2D eigenvalue weighted by molar-refractivity contribution is -0.114. The van der Waals surface area contributed by atoms with Crippen molar-refractivity contribution in [1.82, 2.24) is 0 Å². The smallest absolute Gasteiger partial charge is 0.252 e. The summed E-state index contributed by atoms with van der Waals surface area (Å²) in [4.78, 5) is 16.0. The number of carbonyl (C=O) groups is 1. The monoisotopic (exact) mass is 438 g/mol. The highest BCUT2D eigenvalue weighted by Gasteiger charge is 2.23. The van der Waals surface area contributed by atoms with Crippen molar-refractivity contribution >= 4 is 23.4 Å². The van der Waals surface area contributed by atoms with E-state index < -0.39 is 5.91 Å². The van der Waals surface area contributed by atoms with Crippen LogP contribution in [0.1, 0.15) is 70.8 Å². The van der Waals surface area contributed by atoms with E-state index in [4.69, 9.17) is 16.2 Å². The standard InChI is InChI=1S/C19H24N4O2.C7H14/c1-11(20)17(19(21)24)18(22-2)13-8-12-6-7-15(9-16(12)23-10-13)25-14-4-3-5-14;1-2-4-7-5-3-6-7/h6-9,14,23H,3-5,10,20H2,1-2H3,(H2,21,24);7H,2-6H2,1H3/b17-11-,22-18?;. The number of amides is 1. The van der Waals surface area contributed by atoms with Gasteiger partial charge in [0.2, 0.25) is 0 Å². The molecule has 2 fully saturated rings.